The van der Waals surface area contributed by atoms with Crippen molar-refractivity contribution in [2.24, 2.45) is 0 Å². The maximum Gasteiger partial charge on any atom is 0.408 e. The fourth-order valence-corrected chi connectivity index (χ4v) is 2.88. The SMILES string of the molecule is CCOS(=O)(=O)c1ccc([C@@H](CC(=O)O)NC(=O)OC(C)(C)C)cc1. The first-order valence-corrected chi connectivity index (χ1v) is 9.06. The van der Waals surface area contributed by atoms with Crippen molar-refractivity contribution in [3.05, 3.63) is 29.8 Å². The predicted molar refractivity (Wildman–Crippen MR) is 89.6 cm³/mol. The van der Waals surface area contributed by atoms with E-state index in [1.807, 2.05) is 0 Å². The Labute approximate surface area is 147 Å². The summed E-state index contributed by atoms with van der Waals surface area (Å²) in [7, 11) is -3.85. The summed E-state index contributed by atoms with van der Waals surface area (Å²) in [5, 5.41) is 11.5. The third-order valence-electron chi connectivity index (χ3n) is 2.91. The van der Waals surface area contributed by atoms with E-state index in [9.17, 15) is 18.0 Å². The molecule has 0 radical (unpaired) electrons. The van der Waals surface area contributed by atoms with Gasteiger partial charge in [-0.05, 0) is 45.4 Å². The lowest BCUT2D eigenvalue weighted by molar-refractivity contribution is -0.137. The van der Waals surface area contributed by atoms with Gasteiger partial charge in [-0.2, -0.15) is 8.42 Å². The number of carboxylic acid groups (broad SMARTS) is 1. The van der Waals surface area contributed by atoms with E-state index in [2.05, 4.69) is 9.50 Å². The highest BCUT2D eigenvalue weighted by atomic mass is 32.2. The molecule has 0 saturated heterocycles. The second-order valence-corrected chi connectivity index (χ2v) is 7.84. The summed E-state index contributed by atoms with van der Waals surface area (Å²) in [5.41, 5.74) is -0.295. The van der Waals surface area contributed by atoms with Crippen LogP contribution in [0.4, 0.5) is 4.79 Å². The van der Waals surface area contributed by atoms with E-state index >= 15 is 0 Å². The molecule has 8 nitrogen and oxygen atoms in total. The molecule has 9 heteroatoms. The van der Waals surface area contributed by atoms with Gasteiger partial charge in [0, 0.05) is 0 Å². The summed E-state index contributed by atoms with van der Waals surface area (Å²) in [6, 6.07) is 4.59. The van der Waals surface area contributed by atoms with Crippen LogP contribution in [0.15, 0.2) is 29.2 Å². The zero-order valence-electron chi connectivity index (χ0n) is 14.6. The molecule has 0 fully saturated rings. The number of rotatable bonds is 7. The third-order valence-corrected chi connectivity index (χ3v) is 4.31. The molecule has 0 bridgehead atoms. The first-order valence-electron chi connectivity index (χ1n) is 7.65. The number of nitrogens with one attached hydrogen (secondary N) is 1. The van der Waals surface area contributed by atoms with Crippen LogP contribution in [0.2, 0.25) is 0 Å². The second kappa shape index (κ2) is 8.30. The minimum absolute atomic E-state index is 0.00588. The van der Waals surface area contributed by atoms with Crippen LogP contribution in [0.5, 0.6) is 0 Å². The van der Waals surface area contributed by atoms with E-state index in [-0.39, 0.29) is 17.9 Å². The van der Waals surface area contributed by atoms with E-state index in [1.165, 1.54) is 24.3 Å². The van der Waals surface area contributed by atoms with E-state index in [0.717, 1.165) is 0 Å². The van der Waals surface area contributed by atoms with Crippen LogP contribution in [0, 0.1) is 0 Å². The average molecular weight is 373 g/mol. The van der Waals surface area contributed by atoms with Gasteiger partial charge >= 0.3 is 12.1 Å². The number of hydrogen-bond acceptors (Lipinski definition) is 6. The minimum atomic E-state index is -3.85. The minimum Gasteiger partial charge on any atom is -0.481 e. The standard InChI is InChI=1S/C16H23NO7S/c1-5-23-25(21,22)12-8-6-11(7-9-12)13(10-14(18)19)17-15(20)24-16(2,3)4/h6-9,13H,5,10H2,1-4H3,(H,17,20)(H,18,19)/t13-/m1/s1. The van der Waals surface area contributed by atoms with Gasteiger partial charge < -0.3 is 15.2 Å². The van der Waals surface area contributed by atoms with E-state index in [0.29, 0.717) is 5.56 Å². The molecule has 2 N–H and O–H groups in total. The van der Waals surface area contributed by atoms with Crippen molar-refractivity contribution >= 4 is 22.2 Å². The average Bonchev–Trinajstić information content (AvgIpc) is 2.44. The number of ether oxygens (including phenoxy) is 1. The maximum atomic E-state index is 11.9. The molecule has 25 heavy (non-hydrogen) atoms. The fourth-order valence-electron chi connectivity index (χ4n) is 1.97. The van der Waals surface area contributed by atoms with Crippen molar-refractivity contribution in [2.75, 3.05) is 6.61 Å². The molecule has 0 aromatic heterocycles. The Bertz CT molecular complexity index is 705. The van der Waals surface area contributed by atoms with Crippen molar-refractivity contribution in [2.45, 2.75) is 50.7 Å². The Hall–Kier alpha value is -2.13. The first-order chi connectivity index (χ1) is 11.4. The highest BCUT2D eigenvalue weighted by Gasteiger charge is 2.23. The molecule has 1 aromatic rings. The predicted octanol–water partition coefficient (Wildman–Crippen LogP) is 2.45. The number of amides is 1. The Balaban J connectivity index is 3.00. The number of carboxylic acids is 1. The maximum absolute atomic E-state index is 11.9. The quantitative estimate of drug-likeness (QED) is 0.705. The smallest absolute Gasteiger partial charge is 0.408 e. The number of aliphatic carboxylic acids is 1. The molecule has 0 heterocycles. The summed E-state index contributed by atoms with van der Waals surface area (Å²) in [5.74, 6) is -1.12. The van der Waals surface area contributed by atoms with Gasteiger partial charge in [0.05, 0.1) is 24.0 Å². The number of carbonyl (C=O) groups is 2. The van der Waals surface area contributed by atoms with Gasteiger partial charge in [-0.3, -0.25) is 8.98 Å². The summed E-state index contributed by atoms with van der Waals surface area (Å²) in [6.45, 7) is 6.62. The summed E-state index contributed by atoms with van der Waals surface area (Å²) >= 11 is 0. The van der Waals surface area contributed by atoms with Crippen molar-refractivity contribution in [3.63, 3.8) is 0 Å². The highest BCUT2D eigenvalue weighted by Crippen LogP contribution is 2.21. The molecular formula is C16H23NO7S. The summed E-state index contributed by atoms with van der Waals surface area (Å²) < 4.78 is 33.4. The fraction of sp³-hybridized carbons (Fsp3) is 0.500. The van der Waals surface area contributed by atoms with Gasteiger partial charge in [0.25, 0.3) is 10.1 Å². The van der Waals surface area contributed by atoms with E-state index in [1.54, 1.807) is 27.7 Å². The van der Waals surface area contributed by atoms with Crippen LogP contribution in [0.25, 0.3) is 0 Å². The zero-order chi connectivity index (χ0) is 19.3. The molecule has 0 saturated carbocycles. The number of hydrogen-bond donors (Lipinski definition) is 2. The van der Waals surface area contributed by atoms with Crippen LogP contribution in [0.1, 0.15) is 45.7 Å². The lowest BCUT2D eigenvalue weighted by Gasteiger charge is -2.23. The van der Waals surface area contributed by atoms with Gasteiger partial charge in [-0.15, -0.1) is 0 Å². The largest absolute Gasteiger partial charge is 0.481 e. The molecular weight excluding hydrogens is 350 g/mol. The lowest BCUT2D eigenvalue weighted by atomic mass is 10.0. The van der Waals surface area contributed by atoms with Gasteiger partial charge in [0.1, 0.15) is 5.60 Å². The van der Waals surface area contributed by atoms with E-state index < -0.39 is 33.8 Å². The molecule has 1 amide bonds. The van der Waals surface area contributed by atoms with Gasteiger partial charge in [0.2, 0.25) is 0 Å². The van der Waals surface area contributed by atoms with Crippen molar-refractivity contribution in [1.82, 2.24) is 5.32 Å². The van der Waals surface area contributed by atoms with Gasteiger partial charge in [0.15, 0.2) is 0 Å². The monoisotopic (exact) mass is 373 g/mol. The molecule has 1 atom stereocenters. The molecule has 140 valence electrons. The summed E-state index contributed by atoms with van der Waals surface area (Å²) in [6.07, 6.45) is -1.14. The second-order valence-electron chi connectivity index (χ2n) is 6.23. The molecule has 1 rings (SSSR count). The molecule has 0 spiro atoms. The van der Waals surface area contributed by atoms with Crippen LogP contribution >= 0.6 is 0 Å². The third kappa shape index (κ3) is 7.10. The topological polar surface area (TPSA) is 119 Å². The Morgan fingerprint density at radius 3 is 2.20 bits per heavy atom. The van der Waals surface area contributed by atoms with Crippen molar-refractivity contribution in [3.8, 4) is 0 Å². The van der Waals surface area contributed by atoms with Crippen LogP contribution < -0.4 is 5.32 Å². The van der Waals surface area contributed by atoms with Crippen LogP contribution in [-0.4, -0.2) is 37.8 Å². The lowest BCUT2D eigenvalue weighted by Crippen LogP contribution is -2.35. The molecule has 0 aliphatic heterocycles. The van der Waals surface area contributed by atoms with Gasteiger partial charge in [-0.1, -0.05) is 12.1 Å². The number of alkyl carbamates (subject to hydrolysis) is 1. The van der Waals surface area contributed by atoms with Crippen molar-refractivity contribution < 1.29 is 32.0 Å². The number of benzene rings is 1. The highest BCUT2D eigenvalue weighted by molar-refractivity contribution is 7.86. The molecule has 0 unspecified atom stereocenters. The first kappa shape index (κ1) is 20.9. The van der Waals surface area contributed by atoms with Gasteiger partial charge in [-0.25, -0.2) is 4.79 Å². The Kier molecular flexibility index (Phi) is 6.95. The Morgan fingerprint density at radius 1 is 1.20 bits per heavy atom. The molecule has 0 aliphatic rings. The molecule has 0 aliphatic carbocycles. The Morgan fingerprint density at radius 2 is 1.76 bits per heavy atom. The molecule has 1 aromatic carbocycles. The van der Waals surface area contributed by atoms with E-state index in [4.69, 9.17) is 9.84 Å². The van der Waals surface area contributed by atoms with Crippen LogP contribution in [0.3, 0.4) is 0 Å². The summed E-state index contributed by atoms with van der Waals surface area (Å²) in [4.78, 5) is 22.9. The zero-order valence-corrected chi connectivity index (χ0v) is 15.4. The normalized spacial score (nSPS) is 13.1. The number of carbonyl (C=O) groups excluding carboxylic acids is 1. The van der Waals surface area contributed by atoms with Crippen LogP contribution in [-0.2, 0) is 23.8 Å². The van der Waals surface area contributed by atoms with Crippen molar-refractivity contribution in [1.29, 1.82) is 0 Å².